The normalized spacial score (nSPS) is 16.3. The Balaban J connectivity index is 1.95. The van der Waals surface area contributed by atoms with Crippen LogP contribution in [0, 0.1) is 5.92 Å². The number of piperidine rings is 1. The number of aliphatic carboxylic acids is 1. The number of likely N-dealkylation sites (tertiary alicyclic amines) is 1. The molecule has 1 aliphatic heterocycles. The van der Waals surface area contributed by atoms with Crippen LogP contribution in [-0.4, -0.2) is 60.0 Å². The largest absolute Gasteiger partial charge is 0.479 e. The zero-order valence-electron chi connectivity index (χ0n) is 13.9. The number of nitrogens with one attached hydrogen (secondary N) is 1. The Morgan fingerprint density at radius 3 is 2.25 bits per heavy atom. The minimum atomic E-state index is -1.09. The van der Waals surface area contributed by atoms with Crippen molar-refractivity contribution < 1.29 is 19.5 Å². The van der Waals surface area contributed by atoms with Crippen LogP contribution in [0.1, 0.15) is 24.4 Å². The van der Waals surface area contributed by atoms with Crippen molar-refractivity contribution in [3.8, 4) is 0 Å². The lowest BCUT2D eigenvalue weighted by Crippen LogP contribution is -2.47. The van der Waals surface area contributed by atoms with E-state index >= 15 is 0 Å². The van der Waals surface area contributed by atoms with Crippen molar-refractivity contribution >= 4 is 17.9 Å². The molecule has 1 aromatic carbocycles. The lowest BCUT2D eigenvalue weighted by Gasteiger charge is -2.33. The van der Waals surface area contributed by atoms with E-state index in [0.29, 0.717) is 31.5 Å². The minimum Gasteiger partial charge on any atom is -0.479 e. The third-order valence-electron chi connectivity index (χ3n) is 4.19. The van der Waals surface area contributed by atoms with E-state index in [9.17, 15) is 19.5 Å². The van der Waals surface area contributed by atoms with Gasteiger partial charge in [-0.1, -0.05) is 30.3 Å². The van der Waals surface area contributed by atoms with E-state index in [-0.39, 0.29) is 17.9 Å². The summed E-state index contributed by atoms with van der Waals surface area (Å²) in [6, 6.07) is 7.50. The predicted octanol–water partition coefficient (Wildman–Crippen LogP) is 1.32. The number of benzene rings is 1. The number of amides is 3. The van der Waals surface area contributed by atoms with Crippen molar-refractivity contribution in [1.29, 1.82) is 0 Å². The molecule has 7 heteroatoms. The fourth-order valence-electron chi connectivity index (χ4n) is 2.81. The van der Waals surface area contributed by atoms with Crippen LogP contribution in [0.2, 0.25) is 0 Å². The highest BCUT2D eigenvalue weighted by Gasteiger charge is 2.30. The Hall–Kier alpha value is -2.57. The van der Waals surface area contributed by atoms with Crippen LogP contribution < -0.4 is 5.32 Å². The molecule has 2 rings (SSSR count). The van der Waals surface area contributed by atoms with Crippen molar-refractivity contribution in [3.63, 3.8) is 0 Å². The van der Waals surface area contributed by atoms with Crippen LogP contribution >= 0.6 is 0 Å². The van der Waals surface area contributed by atoms with Crippen molar-refractivity contribution in [3.05, 3.63) is 35.9 Å². The summed E-state index contributed by atoms with van der Waals surface area (Å²) in [5.41, 5.74) is 0.540. The maximum atomic E-state index is 12.4. The fourth-order valence-corrected chi connectivity index (χ4v) is 2.81. The van der Waals surface area contributed by atoms with Gasteiger partial charge in [0.25, 0.3) is 0 Å². The second kappa shape index (κ2) is 7.81. The number of nitrogens with zero attached hydrogens (tertiary/aromatic N) is 2. The maximum absolute atomic E-state index is 12.4. The van der Waals surface area contributed by atoms with Crippen molar-refractivity contribution in [2.45, 2.75) is 18.9 Å². The number of carboxylic acid groups (broad SMARTS) is 1. The Bertz CT molecular complexity index is 595. The number of hydrogen-bond donors (Lipinski definition) is 2. The number of urea groups is 1. The van der Waals surface area contributed by atoms with Gasteiger partial charge in [-0.2, -0.15) is 0 Å². The first-order valence-corrected chi connectivity index (χ1v) is 7.94. The quantitative estimate of drug-likeness (QED) is 0.869. The molecule has 0 aliphatic carbocycles. The van der Waals surface area contributed by atoms with E-state index in [4.69, 9.17) is 0 Å². The van der Waals surface area contributed by atoms with Crippen molar-refractivity contribution in [1.82, 2.24) is 15.1 Å². The molecule has 7 nitrogen and oxygen atoms in total. The molecule has 1 saturated heterocycles. The van der Waals surface area contributed by atoms with Crippen LogP contribution in [0.25, 0.3) is 0 Å². The summed E-state index contributed by atoms with van der Waals surface area (Å²) in [5.74, 6) is -1.64. The van der Waals surface area contributed by atoms with Gasteiger partial charge < -0.3 is 20.2 Å². The molecular formula is C17H23N3O4. The Kier molecular flexibility index (Phi) is 5.78. The third-order valence-corrected chi connectivity index (χ3v) is 4.19. The van der Waals surface area contributed by atoms with Crippen LogP contribution in [0.4, 0.5) is 4.79 Å². The number of carbonyl (C=O) groups excluding carboxylic acids is 2. The zero-order chi connectivity index (χ0) is 17.7. The highest BCUT2D eigenvalue weighted by atomic mass is 16.4. The molecule has 1 aliphatic rings. The number of rotatable bonds is 4. The number of carboxylic acids is 1. The van der Waals surface area contributed by atoms with Gasteiger partial charge in [0.1, 0.15) is 0 Å². The summed E-state index contributed by atoms with van der Waals surface area (Å²) in [7, 11) is 3.39. The summed E-state index contributed by atoms with van der Waals surface area (Å²) in [6.07, 6.45) is 1.07. The number of hydrogen-bond acceptors (Lipinski definition) is 3. The molecule has 130 valence electrons. The van der Waals surface area contributed by atoms with E-state index in [2.05, 4.69) is 5.32 Å². The summed E-state index contributed by atoms with van der Waals surface area (Å²) in [4.78, 5) is 39.0. The van der Waals surface area contributed by atoms with Crippen LogP contribution in [0.15, 0.2) is 30.3 Å². The van der Waals surface area contributed by atoms with Gasteiger partial charge in [-0.15, -0.1) is 0 Å². The molecule has 1 fully saturated rings. The van der Waals surface area contributed by atoms with Gasteiger partial charge >= 0.3 is 12.0 Å². The first kappa shape index (κ1) is 17.8. The van der Waals surface area contributed by atoms with Gasteiger partial charge in [0, 0.05) is 33.1 Å². The average molecular weight is 333 g/mol. The Morgan fingerprint density at radius 2 is 1.75 bits per heavy atom. The SMILES string of the molecule is CN(C)C(=O)N1CCC(C(=O)N[C@@H](C(=O)O)c2ccccc2)CC1. The molecule has 0 spiro atoms. The monoisotopic (exact) mass is 333 g/mol. The molecule has 24 heavy (non-hydrogen) atoms. The first-order chi connectivity index (χ1) is 11.4. The lowest BCUT2D eigenvalue weighted by molar-refractivity contribution is -0.143. The van der Waals surface area contributed by atoms with Gasteiger partial charge in [-0.3, -0.25) is 4.79 Å². The molecule has 0 radical (unpaired) electrons. The summed E-state index contributed by atoms with van der Waals surface area (Å²) < 4.78 is 0. The second-order valence-electron chi connectivity index (χ2n) is 6.13. The van der Waals surface area contributed by atoms with Gasteiger partial charge in [0.05, 0.1) is 0 Å². The van der Waals surface area contributed by atoms with Gasteiger partial charge in [-0.05, 0) is 18.4 Å². The smallest absolute Gasteiger partial charge is 0.330 e. The molecule has 0 aromatic heterocycles. The average Bonchev–Trinajstić information content (AvgIpc) is 2.59. The van der Waals surface area contributed by atoms with Gasteiger partial charge in [0.2, 0.25) is 5.91 Å². The van der Waals surface area contributed by atoms with Crippen LogP contribution in [0.5, 0.6) is 0 Å². The molecule has 1 atom stereocenters. The standard InChI is InChI=1S/C17H23N3O4/c1-19(2)17(24)20-10-8-13(9-11-20)15(21)18-14(16(22)23)12-6-4-3-5-7-12/h3-7,13-14H,8-11H2,1-2H3,(H,18,21)(H,22,23)/t14-/m1/s1. The highest BCUT2D eigenvalue weighted by molar-refractivity contribution is 5.86. The molecule has 2 N–H and O–H groups in total. The van der Waals surface area contributed by atoms with Crippen LogP contribution in [0.3, 0.4) is 0 Å². The van der Waals surface area contributed by atoms with Crippen molar-refractivity contribution in [2.24, 2.45) is 5.92 Å². The zero-order valence-corrected chi connectivity index (χ0v) is 13.9. The summed E-state index contributed by atoms with van der Waals surface area (Å²) in [6.45, 7) is 0.996. The molecular weight excluding hydrogens is 310 g/mol. The van der Waals surface area contributed by atoms with Gasteiger partial charge in [0.15, 0.2) is 6.04 Å². The van der Waals surface area contributed by atoms with Crippen molar-refractivity contribution in [2.75, 3.05) is 27.2 Å². The highest BCUT2D eigenvalue weighted by Crippen LogP contribution is 2.20. The Morgan fingerprint density at radius 1 is 1.17 bits per heavy atom. The van der Waals surface area contributed by atoms with E-state index < -0.39 is 12.0 Å². The lowest BCUT2D eigenvalue weighted by atomic mass is 9.95. The number of carbonyl (C=O) groups is 3. The second-order valence-corrected chi connectivity index (χ2v) is 6.13. The molecule has 0 unspecified atom stereocenters. The first-order valence-electron chi connectivity index (χ1n) is 7.94. The van der Waals surface area contributed by atoms with Crippen LogP contribution in [-0.2, 0) is 9.59 Å². The minimum absolute atomic E-state index is 0.0680. The summed E-state index contributed by atoms with van der Waals surface area (Å²) >= 11 is 0. The summed E-state index contributed by atoms with van der Waals surface area (Å²) in [5, 5.41) is 12.0. The molecule has 1 heterocycles. The maximum Gasteiger partial charge on any atom is 0.330 e. The van der Waals surface area contributed by atoms with Gasteiger partial charge in [-0.25, -0.2) is 9.59 Å². The topological polar surface area (TPSA) is 90.0 Å². The molecule has 1 aromatic rings. The molecule has 3 amide bonds. The third kappa shape index (κ3) is 4.24. The van der Waals surface area contributed by atoms with E-state index in [1.54, 1.807) is 49.3 Å². The Labute approximate surface area is 141 Å². The predicted molar refractivity (Wildman–Crippen MR) is 88.3 cm³/mol. The molecule has 0 bridgehead atoms. The van der Waals surface area contributed by atoms with E-state index in [1.165, 1.54) is 4.90 Å². The van der Waals surface area contributed by atoms with E-state index in [0.717, 1.165) is 0 Å². The fraction of sp³-hybridized carbons (Fsp3) is 0.471. The molecule has 0 saturated carbocycles. The van der Waals surface area contributed by atoms with E-state index in [1.807, 2.05) is 0 Å².